The molecule has 1 atom stereocenters. The molecule has 24 heavy (non-hydrogen) atoms. The Morgan fingerprint density at radius 3 is 2.42 bits per heavy atom. The van der Waals surface area contributed by atoms with Crippen LogP contribution >= 0.6 is 23.2 Å². The monoisotopic (exact) mass is 392 g/mol. The topological polar surface area (TPSA) is 64.4 Å². The molecule has 0 amide bonds. The highest BCUT2D eigenvalue weighted by molar-refractivity contribution is 6.74. The van der Waals surface area contributed by atoms with E-state index in [-0.39, 0.29) is 21.9 Å². The summed E-state index contributed by atoms with van der Waals surface area (Å²) in [5.41, 5.74) is 0.364. The van der Waals surface area contributed by atoms with Crippen molar-refractivity contribution in [3.05, 3.63) is 37.9 Å². The second-order valence-corrected chi connectivity index (χ2v) is 13.1. The highest BCUT2D eigenvalue weighted by atomic mass is 35.5. The number of nitrogens with one attached hydrogen (secondary N) is 1. The van der Waals surface area contributed by atoms with Gasteiger partial charge < -0.3 is 9.74 Å². The van der Waals surface area contributed by atoms with Gasteiger partial charge in [-0.3, -0.25) is 10.1 Å². The SMILES string of the molecule is CC(CNCc1cc(Cl)cc(Cl)c1[N+](=O)[O-])O[Si](C)(C)C(C)(C)C. The molecule has 0 fully saturated rings. The van der Waals surface area contributed by atoms with Crippen LogP contribution in [0.5, 0.6) is 0 Å². The predicted molar refractivity (Wildman–Crippen MR) is 103 cm³/mol. The molecule has 1 unspecified atom stereocenters. The molecule has 1 aromatic carbocycles. The van der Waals surface area contributed by atoms with Crippen LogP contribution < -0.4 is 5.32 Å². The van der Waals surface area contributed by atoms with E-state index in [1.54, 1.807) is 6.07 Å². The smallest absolute Gasteiger partial charge is 0.292 e. The Bertz CT molecular complexity index is 604. The number of nitro benzene ring substituents is 1. The summed E-state index contributed by atoms with van der Waals surface area (Å²) in [6.07, 6.45) is 0.0135. The fourth-order valence-corrected chi connectivity index (χ4v) is 4.14. The Kier molecular flexibility index (Phi) is 7.25. The lowest BCUT2D eigenvalue weighted by atomic mass is 10.1. The van der Waals surface area contributed by atoms with Gasteiger partial charge in [0.15, 0.2) is 8.32 Å². The van der Waals surface area contributed by atoms with Gasteiger partial charge in [0.1, 0.15) is 5.02 Å². The van der Waals surface area contributed by atoms with Crippen molar-refractivity contribution in [2.24, 2.45) is 0 Å². The lowest BCUT2D eigenvalue weighted by molar-refractivity contribution is -0.385. The van der Waals surface area contributed by atoms with E-state index >= 15 is 0 Å². The minimum Gasteiger partial charge on any atom is -0.413 e. The Morgan fingerprint density at radius 2 is 1.92 bits per heavy atom. The standard InChI is InChI=1S/C16H26Cl2N2O3Si/c1-11(23-24(5,6)16(2,3)4)9-19-10-12-7-13(17)8-14(18)15(12)20(21)22/h7-8,11,19H,9-10H2,1-6H3. The molecule has 0 aliphatic heterocycles. The summed E-state index contributed by atoms with van der Waals surface area (Å²) in [4.78, 5) is 10.7. The highest BCUT2D eigenvalue weighted by Gasteiger charge is 2.38. The van der Waals surface area contributed by atoms with Crippen molar-refractivity contribution in [3.8, 4) is 0 Å². The number of halogens is 2. The van der Waals surface area contributed by atoms with Crippen molar-refractivity contribution in [2.75, 3.05) is 6.54 Å². The van der Waals surface area contributed by atoms with E-state index in [4.69, 9.17) is 27.6 Å². The number of hydrogen-bond acceptors (Lipinski definition) is 4. The first-order valence-electron chi connectivity index (χ1n) is 7.86. The van der Waals surface area contributed by atoms with Gasteiger partial charge in [0.05, 0.1) is 11.0 Å². The molecule has 0 saturated carbocycles. The Morgan fingerprint density at radius 1 is 1.33 bits per heavy atom. The quantitative estimate of drug-likeness (QED) is 0.383. The zero-order valence-corrected chi connectivity index (χ0v) is 17.6. The average Bonchev–Trinajstić information content (AvgIpc) is 2.34. The van der Waals surface area contributed by atoms with Crippen LogP contribution in [0.15, 0.2) is 12.1 Å². The number of nitrogens with zero attached hydrogens (tertiary/aromatic N) is 1. The Balaban J connectivity index is 2.70. The van der Waals surface area contributed by atoms with Gasteiger partial charge in [-0.1, -0.05) is 44.0 Å². The molecule has 0 radical (unpaired) electrons. The molecule has 0 saturated heterocycles. The summed E-state index contributed by atoms with van der Waals surface area (Å²) < 4.78 is 6.26. The van der Waals surface area contributed by atoms with Crippen LogP contribution in [0, 0.1) is 10.1 Å². The molecule has 5 nitrogen and oxygen atoms in total. The van der Waals surface area contributed by atoms with Crippen LogP contribution in [0.1, 0.15) is 33.3 Å². The number of rotatable bonds is 7. The minimum absolute atomic E-state index is 0.0135. The summed E-state index contributed by atoms with van der Waals surface area (Å²) >= 11 is 11.9. The Hall–Kier alpha value is -0.663. The molecular formula is C16H26Cl2N2O3Si. The van der Waals surface area contributed by atoms with Crippen LogP contribution in [0.2, 0.25) is 28.2 Å². The van der Waals surface area contributed by atoms with Gasteiger partial charge in [0.2, 0.25) is 0 Å². The molecule has 0 bridgehead atoms. The molecule has 0 heterocycles. The van der Waals surface area contributed by atoms with E-state index in [1.807, 2.05) is 6.92 Å². The maximum atomic E-state index is 11.2. The third kappa shape index (κ3) is 5.70. The van der Waals surface area contributed by atoms with Crippen LogP contribution in [0.4, 0.5) is 5.69 Å². The summed E-state index contributed by atoms with van der Waals surface area (Å²) in [7, 11) is -1.83. The maximum Gasteiger partial charge on any atom is 0.292 e. The van der Waals surface area contributed by atoms with Crippen molar-refractivity contribution >= 4 is 37.2 Å². The summed E-state index contributed by atoms with van der Waals surface area (Å²) in [5.74, 6) is 0. The van der Waals surface area contributed by atoms with E-state index in [0.717, 1.165) is 0 Å². The summed E-state index contributed by atoms with van der Waals surface area (Å²) in [6, 6.07) is 2.95. The predicted octanol–water partition coefficient (Wildman–Crippen LogP) is 5.40. The van der Waals surface area contributed by atoms with E-state index < -0.39 is 13.2 Å². The normalized spacial score (nSPS) is 13.8. The molecule has 1 aromatic rings. The first-order chi connectivity index (χ1) is 10.8. The zero-order chi connectivity index (χ0) is 18.7. The fourth-order valence-electron chi connectivity index (χ4n) is 2.09. The second-order valence-electron chi connectivity index (χ2n) is 7.47. The summed E-state index contributed by atoms with van der Waals surface area (Å²) in [5, 5.41) is 15.0. The average molecular weight is 393 g/mol. The third-order valence-corrected chi connectivity index (χ3v) is 9.45. The molecule has 0 aliphatic rings. The molecular weight excluding hydrogens is 367 g/mol. The van der Waals surface area contributed by atoms with Crippen molar-refractivity contribution in [1.82, 2.24) is 5.32 Å². The molecule has 1 N–H and O–H groups in total. The molecule has 0 aliphatic carbocycles. The summed E-state index contributed by atoms with van der Waals surface area (Å²) in [6.45, 7) is 13.9. The van der Waals surface area contributed by atoms with Crippen molar-refractivity contribution in [3.63, 3.8) is 0 Å². The highest BCUT2D eigenvalue weighted by Crippen LogP contribution is 2.37. The lowest BCUT2D eigenvalue weighted by Gasteiger charge is -2.38. The van der Waals surface area contributed by atoms with E-state index in [9.17, 15) is 10.1 Å². The molecule has 8 heteroatoms. The Labute approximate surface area is 155 Å². The van der Waals surface area contributed by atoms with E-state index in [0.29, 0.717) is 23.7 Å². The molecule has 1 rings (SSSR count). The van der Waals surface area contributed by atoms with Crippen LogP contribution in [-0.2, 0) is 11.0 Å². The van der Waals surface area contributed by atoms with Crippen LogP contribution in [0.3, 0.4) is 0 Å². The van der Waals surface area contributed by atoms with Gasteiger partial charge in [0.25, 0.3) is 5.69 Å². The van der Waals surface area contributed by atoms with Gasteiger partial charge in [-0.25, -0.2) is 0 Å². The number of benzene rings is 1. The van der Waals surface area contributed by atoms with Gasteiger partial charge >= 0.3 is 0 Å². The first-order valence-corrected chi connectivity index (χ1v) is 11.5. The van der Waals surface area contributed by atoms with Crippen molar-refractivity contribution < 1.29 is 9.35 Å². The molecule has 0 aromatic heterocycles. The largest absolute Gasteiger partial charge is 0.413 e. The number of nitro groups is 1. The number of hydrogen-bond donors (Lipinski definition) is 1. The van der Waals surface area contributed by atoms with Crippen LogP contribution in [0.25, 0.3) is 0 Å². The van der Waals surface area contributed by atoms with E-state index in [2.05, 4.69) is 39.2 Å². The molecule has 0 spiro atoms. The molecule has 136 valence electrons. The fraction of sp³-hybridized carbons (Fsp3) is 0.625. The van der Waals surface area contributed by atoms with Crippen molar-refractivity contribution in [1.29, 1.82) is 0 Å². The van der Waals surface area contributed by atoms with Crippen molar-refractivity contribution in [2.45, 2.75) is 58.5 Å². The third-order valence-electron chi connectivity index (χ3n) is 4.34. The minimum atomic E-state index is -1.83. The maximum absolute atomic E-state index is 11.2. The van der Waals surface area contributed by atoms with Gasteiger partial charge in [-0.2, -0.15) is 0 Å². The van der Waals surface area contributed by atoms with Gasteiger partial charge in [-0.15, -0.1) is 0 Å². The van der Waals surface area contributed by atoms with E-state index in [1.165, 1.54) is 6.07 Å². The first kappa shape index (κ1) is 21.4. The second kappa shape index (κ2) is 8.14. The van der Waals surface area contributed by atoms with Gasteiger partial charge in [-0.05, 0) is 37.2 Å². The zero-order valence-electron chi connectivity index (χ0n) is 15.1. The van der Waals surface area contributed by atoms with Gasteiger partial charge in [0, 0.05) is 23.7 Å². The van der Waals surface area contributed by atoms with Crippen LogP contribution in [-0.4, -0.2) is 25.9 Å². The lowest BCUT2D eigenvalue weighted by Crippen LogP contribution is -2.45.